The summed E-state index contributed by atoms with van der Waals surface area (Å²) in [7, 11) is 0. The number of hydrogen-bond acceptors (Lipinski definition) is 4. The Morgan fingerprint density at radius 3 is 2.11 bits per heavy atom. The molecule has 150 valence electrons. The van der Waals surface area contributed by atoms with E-state index < -0.39 is 35.9 Å². The van der Waals surface area contributed by atoms with Crippen molar-refractivity contribution in [3.05, 3.63) is 35.9 Å². The molecule has 7 heteroatoms. The molecule has 0 saturated carbocycles. The number of hydrogen-bond donors (Lipinski definition) is 4. The van der Waals surface area contributed by atoms with Crippen molar-refractivity contribution in [2.24, 2.45) is 17.6 Å². The van der Waals surface area contributed by atoms with Gasteiger partial charge in [0, 0.05) is 6.42 Å². The molecule has 2 amide bonds. The van der Waals surface area contributed by atoms with Crippen LogP contribution in [0.25, 0.3) is 0 Å². The third kappa shape index (κ3) is 7.02. The molecule has 1 rings (SSSR count). The van der Waals surface area contributed by atoms with Gasteiger partial charge in [-0.1, -0.05) is 64.4 Å². The summed E-state index contributed by atoms with van der Waals surface area (Å²) < 4.78 is 0. The Labute approximate surface area is 160 Å². The van der Waals surface area contributed by atoms with Gasteiger partial charge in [-0.3, -0.25) is 9.59 Å². The average molecular weight is 377 g/mol. The Morgan fingerprint density at radius 2 is 1.63 bits per heavy atom. The van der Waals surface area contributed by atoms with E-state index in [0.29, 0.717) is 0 Å². The van der Waals surface area contributed by atoms with Gasteiger partial charge in [-0.25, -0.2) is 4.79 Å². The second-order valence-corrected chi connectivity index (χ2v) is 7.23. The zero-order chi connectivity index (χ0) is 20.6. The normalized spacial score (nSPS) is 15.5. The number of carboxylic acids is 1. The number of amides is 2. The SMILES string of the molecule is CCC(C)C(N)C(=O)NC(Cc1ccccc1)C(=O)NC(C(=O)O)C(C)C. The number of aliphatic carboxylic acids is 1. The summed E-state index contributed by atoms with van der Waals surface area (Å²) in [4.78, 5) is 36.6. The minimum absolute atomic E-state index is 0.0344. The van der Waals surface area contributed by atoms with Crippen LogP contribution in [0, 0.1) is 11.8 Å². The molecule has 0 aliphatic rings. The summed E-state index contributed by atoms with van der Waals surface area (Å²) >= 11 is 0. The number of nitrogens with one attached hydrogen (secondary N) is 2. The topological polar surface area (TPSA) is 122 Å². The van der Waals surface area contributed by atoms with Crippen molar-refractivity contribution >= 4 is 17.8 Å². The Bertz CT molecular complexity index is 633. The van der Waals surface area contributed by atoms with E-state index in [4.69, 9.17) is 5.73 Å². The van der Waals surface area contributed by atoms with Crippen LogP contribution in [0.15, 0.2) is 30.3 Å². The van der Waals surface area contributed by atoms with Crippen LogP contribution in [-0.2, 0) is 20.8 Å². The lowest BCUT2D eigenvalue weighted by Crippen LogP contribution is -2.56. The molecule has 0 aliphatic heterocycles. The smallest absolute Gasteiger partial charge is 0.326 e. The van der Waals surface area contributed by atoms with Gasteiger partial charge in [0.05, 0.1) is 6.04 Å². The minimum atomic E-state index is -1.11. The van der Waals surface area contributed by atoms with Gasteiger partial charge in [0.2, 0.25) is 11.8 Å². The molecule has 4 atom stereocenters. The zero-order valence-electron chi connectivity index (χ0n) is 16.4. The minimum Gasteiger partial charge on any atom is -0.480 e. The van der Waals surface area contributed by atoms with E-state index in [9.17, 15) is 19.5 Å². The van der Waals surface area contributed by atoms with E-state index in [2.05, 4.69) is 10.6 Å². The first-order valence-electron chi connectivity index (χ1n) is 9.30. The maximum absolute atomic E-state index is 12.7. The van der Waals surface area contributed by atoms with Gasteiger partial charge in [-0.05, 0) is 17.4 Å². The Kier molecular flexibility index (Phi) is 8.94. The van der Waals surface area contributed by atoms with E-state index in [-0.39, 0.29) is 18.3 Å². The molecule has 27 heavy (non-hydrogen) atoms. The zero-order valence-corrected chi connectivity index (χ0v) is 16.4. The fourth-order valence-corrected chi connectivity index (χ4v) is 2.61. The van der Waals surface area contributed by atoms with Crippen molar-refractivity contribution in [3.8, 4) is 0 Å². The van der Waals surface area contributed by atoms with Gasteiger partial charge in [0.15, 0.2) is 0 Å². The van der Waals surface area contributed by atoms with Gasteiger partial charge in [-0.15, -0.1) is 0 Å². The molecule has 0 bridgehead atoms. The molecule has 0 radical (unpaired) electrons. The third-order valence-electron chi connectivity index (χ3n) is 4.71. The predicted octanol–water partition coefficient (Wildman–Crippen LogP) is 1.31. The van der Waals surface area contributed by atoms with Gasteiger partial charge in [0.1, 0.15) is 12.1 Å². The van der Waals surface area contributed by atoms with Crippen molar-refractivity contribution in [2.75, 3.05) is 0 Å². The maximum Gasteiger partial charge on any atom is 0.326 e. The van der Waals surface area contributed by atoms with Gasteiger partial charge in [-0.2, -0.15) is 0 Å². The lowest BCUT2D eigenvalue weighted by atomic mass is 9.98. The quantitative estimate of drug-likeness (QED) is 0.490. The lowest BCUT2D eigenvalue weighted by Gasteiger charge is -2.25. The van der Waals surface area contributed by atoms with Crippen molar-refractivity contribution in [1.29, 1.82) is 0 Å². The molecular weight excluding hydrogens is 346 g/mol. The van der Waals surface area contributed by atoms with E-state index >= 15 is 0 Å². The summed E-state index contributed by atoms with van der Waals surface area (Å²) in [6, 6.07) is 6.55. The highest BCUT2D eigenvalue weighted by molar-refractivity contribution is 5.92. The van der Waals surface area contributed by atoms with Crippen LogP contribution in [0.2, 0.25) is 0 Å². The van der Waals surface area contributed by atoms with Gasteiger partial charge in [0.25, 0.3) is 0 Å². The van der Waals surface area contributed by atoms with Crippen LogP contribution in [0.1, 0.15) is 39.7 Å². The Hall–Kier alpha value is -2.41. The highest BCUT2D eigenvalue weighted by Crippen LogP contribution is 2.09. The van der Waals surface area contributed by atoms with Crippen molar-refractivity contribution < 1.29 is 19.5 Å². The number of carbonyl (C=O) groups is 3. The van der Waals surface area contributed by atoms with Crippen LogP contribution < -0.4 is 16.4 Å². The third-order valence-corrected chi connectivity index (χ3v) is 4.71. The molecule has 0 saturated heterocycles. The predicted molar refractivity (Wildman–Crippen MR) is 104 cm³/mol. The van der Waals surface area contributed by atoms with E-state index in [1.807, 2.05) is 44.2 Å². The van der Waals surface area contributed by atoms with Crippen LogP contribution >= 0.6 is 0 Å². The maximum atomic E-state index is 12.7. The number of benzene rings is 1. The molecule has 0 aliphatic carbocycles. The number of carboxylic acid groups (broad SMARTS) is 1. The summed E-state index contributed by atoms with van der Waals surface area (Å²) in [6.45, 7) is 7.23. The van der Waals surface area contributed by atoms with Crippen molar-refractivity contribution in [1.82, 2.24) is 10.6 Å². The molecule has 0 heterocycles. The monoisotopic (exact) mass is 377 g/mol. The summed E-state index contributed by atoms with van der Waals surface area (Å²) in [6.07, 6.45) is 0.981. The molecule has 1 aromatic carbocycles. The molecule has 0 fully saturated rings. The summed E-state index contributed by atoms with van der Waals surface area (Å²) in [5, 5.41) is 14.5. The molecule has 0 spiro atoms. The first kappa shape index (κ1) is 22.6. The number of carbonyl (C=O) groups excluding carboxylic acids is 2. The van der Waals surface area contributed by atoms with Crippen LogP contribution in [0.4, 0.5) is 0 Å². The lowest BCUT2D eigenvalue weighted by molar-refractivity contribution is -0.143. The molecule has 7 nitrogen and oxygen atoms in total. The first-order valence-corrected chi connectivity index (χ1v) is 9.30. The van der Waals surface area contributed by atoms with E-state index in [1.165, 1.54) is 0 Å². The molecule has 5 N–H and O–H groups in total. The van der Waals surface area contributed by atoms with Gasteiger partial charge < -0.3 is 21.5 Å². The summed E-state index contributed by atoms with van der Waals surface area (Å²) in [5.41, 5.74) is 6.83. The molecular formula is C20H31N3O4. The Morgan fingerprint density at radius 1 is 1.04 bits per heavy atom. The largest absolute Gasteiger partial charge is 0.480 e. The fourth-order valence-electron chi connectivity index (χ4n) is 2.61. The Balaban J connectivity index is 2.97. The van der Waals surface area contributed by atoms with Crippen LogP contribution in [0.5, 0.6) is 0 Å². The first-order chi connectivity index (χ1) is 12.7. The number of nitrogens with two attached hydrogens (primary N) is 1. The van der Waals surface area contributed by atoms with Crippen molar-refractivity contribution in [3.63, 3.8) is 0 Å². The summed E-state index contributed by atoms with van der Waals surface area (Å²) in [5.74, 6) is -2.39. The highest BCUT2D eigenvalue weighted by Gasteiger charge is 2.30. The fraction of sp³-hybridized carbons (Fsp3) is 0.550. The molecule has 4 unspecified atom stereocenters. The van der Waals surface area contributed by atoms with E-state index in [0.717, 1.165) is 12.0 Å². The standard InChI is InChI=1S/C20H31N3O4/c1-5-13(4)16(21)19(25)22-15(11-14-9-7-6-8-10-14)18(24)23-17(12(2)3)20(26)27/h6-10,12-13,15-17H,5,11,21H2,1-4H3,(H,22,25)(H,23,24)(H,26,27). The second-order valence-electron chi connectivity index (χ2n) is 7.23. The highest BCUT2D eigenvalue weighted by atomic mass is 16.4. The van der Waals surface area contributed by atoms with Gasteiger partial charge >= 0.3 is 5.97 Å². The average Bonchev–Trinajstić information content (AvgIpc) is 2.64. The second kappa shape index (κ2) is 10.7. The number of rotatable bonds is 10. The molecule has 1 aromatic rings. The molecule has 0 aromatic heterocycles. The van der Waals surface area contributed by atoms with Crippen LogP contribution in [-0.4, -0.2) is 41.0 Å². The van der Waals surface area contributed by atoms with Crippen LogP contribution in [0.3, 0.4) is 0 Å². The van der Waals surface area contributed by atoms with Crippen molar-refractivity contribution in [2.45, 2.75) is 58.7 Å². The van der Waals surface area contributed by atoms with E-state index in [1.54, 1.807) is 13.8 Å².